The number of Topliss-reactive ketones (excluding diaryl/α,β-unsaturated/α-hetero) is 1. The second kappa shape index (κ2) is 10.7. The Kier molecular flexibility index (Phi) is 9.23. The van der Waals surface area contributed by atoms with Gasteiger partial charge in [-0.05, 0) is 48.3 Å². The van der Waals surface area contributed by atoms with E-state index in [-0.39, 0.29) is 27.0 Å². The summed E-state index contributed by atoms with van der Waals surface area (Å²) >= 11 is 0. The van der Waals surface area contributed by atoms with Crippen LogP contribution >= 0.6 is 9.90 Å². The normalized spacial score (nSPS) is 13.2. The molecule has 29 heavy (non-hydrogen) atoms. The van der Waals surface area contributed by atoms with Gasteiger partial charge >= 0.3 is 5.97 Å². The van der Waals surface area contributed by atoms with Crippen LogP contribution in [0.5, 0.6) is 0 Å². The Labute approximate surface area is 178 Å². The summed E-state index contributed by atoms with van der Waals surface area (Å²) in [4.78, 5) is 26.4. The molecule has 0 saturated heterocycles. The molecule has 0 heterocycles. The van der Waals surface area contributed by atoms with E-state index >= 15 is 0 Å². The van der Waals surface area contributed by atoms with Crippen molar-refractivity contribution in [3.8, 4) is 0 Å². The summed E-state index contributed by atoms with van der Waals surface area (Å²) in [5, 5.41) is 0. The first-order valence-corrected chi connectivity index (χ1v) is 9.92. The monoisotopic (exact) mass is 414 g/mol. The van der Waals surface area contributed by atoms with Gasteiger partial charge in [0.2, 0.25) is 0 Å². The number of hydrogen-bond acceptors (Lipinski definition) is 3. The lowest BCUT2D eigenvalue weighted by atomic mass is 9.85. The number of ketones is 1. The molecule has 3 unspecified atom stereocenters. The topological polar surface area (TPSA) is 43.4 Å². The molecule has 0 amide bonds. The number of rotatable bonds is 7. The first-order valence-electron chi connectivity index (χ1n) is 9.92. The van der Waals surface area contributed by atoms with Crippen LogP contribution in [0.2, 0.25) is 0 Å². The molecule has 3 atom stereocenters. The molecule has 0 aliphatic rings. The van der Waals surface area contributed by atoms with Crippen LogP contribution in [-0.2, 0) is 9.53 Å². The second-order valence-corrected chi connectivity index (χ2v) is 8.97. The average molecular weight is 415 g/mol. The first kappa shape index (κ1) is 25.0. The summed E-state index contributed by atoms with van der Waals surface area (Å²) in [6.07, 6.45) is 0.946. The minimum absolute atomic E-state index is 0. The van der Waals surface area contributed by atoms with Crippen molar-refractivity contribution in [3.63, 3.8) is 0 Å². The summed E-state index contributed by atoms with van der Waals surface area (Å²) in [5.74, 6) is -1.38. The fourth-order valence-electron chi connectivity index (χ4n) is 3.80. The maximum atomic E-state index is 13.4. The van der Waals surface area contributed by atoms with Crippen LogP contribution in [0.15, 0.2) is 48.5 Å². The molecule has 158 valence electrons. The quantitative estimate of drug-likeness (QED) is 0.244. The van der Waals surface area contributed by atoms with Gasteiger partial charge in [-0.1, -0.05) is 76.2 Å². The van der Waals surface area contributed by atoms with Crippen molar-refractivity contribution in [2.75, 3.05) is 6.61 Å². The molecule has 2 aromatic carbocycles. The maximum absolute atomic E-state index is 13.4. The van der Waals surface area contributed by atoms with Gasteiger partial charge in [0.1, 0.15) is 5.92 Å². The van der Waals surface area contributed by atoms with Crippen LogP contribution in [0, 0.1) is 25.2 Å². The highest BCUT2D eigenvalue weighted by atomic mass is 31.0. The largest absolute Gasteiger partial charge is 0.465 e. The van der Waals surface area contributed by atoms with Crippen molar-refractivity contribution in [3.05, 3.63) is 70.8 Å². The van der Waals surface area contributed by atoms with E-state index in [0.717, 1.165) is 17.5 Å². The van der Waals surface area contributed by atoms with E-state index in [0.29, 0.717) is 17.7 Å². The smallest absolute Gasteiger partial charge is 0.321 e. The minimum atomic E-state index is -0.942. The number of carbonyl (C=O) groups is 2. The second-order valence-electron chi connectivity index (χ2n) is 8.97. The van der Waals surface area contributed by atoms with Gasteiger partial charge in [-0.3, -0.25) is 9.59 Å². The fraction of sp³-hybridized carbons (Fsp3) is 0.440. The Bertz CT molecular complexity index is 801. The highest BCUT2D eigenvalue weighted by Gasteiger charge is 2.32. The lowest BCUT2D eigenvalue weighted by Gasteiger charge is -2.24. The molecule has 0 saturated carbocycles. The van der Waals surface area contributed by atoms with Crippen molar-refractivity contribution < 1.29 is 14.3 Å². The Hall–Kier alpha value is -1.99. The molecule has 0 bridgehead atoms. The van der Waals surface area contributed by atoms with Crippen LogP contribution < -0.4 is 0 Å². The Morgan fingerprint density at radius 3 is 2.00 bits per heavy atom. The SMILES string of the molecule is Cc1cccc(C)c1C(=O)C(C(=O)OCC(C)CC(C)(C)C)c1ccccc1.P. The van der Waals surface area contributed by atoms with Crippen molar-refractivity contribution in [2.24, 2.45) is 11.3 Å². The van der Waals surface area contributed by atoms with Crippen molar-refractivity contribution >= 4 is 21.7 Å². The fourth-order valence-corrected chi connectivity index (χ4v) is 3.80. The van der Waals surface area contributed by atoms with Crippen LogP contribution in [0.4, 0.5) is 0 Å². The van der Waals surface area contributed by atoms with Crippen molar-refractivity contribution in [2.45, 2.75) is 53.9 Å². The Balaban J connectivity index is 0.00000420. The summed E-state index contributed by atoms with van der Waals surface area (Å²) in [6.45, 7) is 12.7. The highest BCUT2D eigenvalue weighted by molar-refractivity contribution is 6.92. The standard InChI is InChI=1S/C25H32O3.H3P/c1-17(15-25(4,5)6)16-28-24(27)22(20-13-8-7-9-14-20)23(26)21-18(2)11-10-12-19(21)3;/h7-14,17,22H,15-16H2,1-6H3;1H3. The third-order valence-electron chi connectivity index (χ3n) is 4.83. The summed E-state index contributed by atoms with van der Waals surface area (Å²) in [5.41, 5.74) is 3.19. The summed E-state index contributed by atoms with van der Waals surface area (Å²) < 4.78 is 5.63. The molecule has 0 radical (unpaired) electrons. The van der Waals surface area contributed by atoms with Crippen LogP contribution in [0.25, 0.3) is 0 Å². The van der Waals surface area contributed by atoms with Gasteiger partial charge in [0.15, 0.2) is 5.78 Å². The maximum Gasteiger partial charge on any atom is 0.321 e. The third kappa shape index (κ3) is 7.08. The molecule has 3 nitrogen and oxygen atoms in total. The van der Waals surface area contributed by atoms with Crippen molar-refractivity contribution in [1.29, 1.82) is 0 Å². The number of hydrogen-bond donors (Lipinski definition) is 0. The van der Waals surface area contributed by atoms with E-state index in [2.05, 4.69) is 27.7 Å². The molecular formula is C25H35O3P. The molecule has 0 fully saturated rings. The van der Waals surface area contributed by atoms with Gasteiger partial charge in [-0.2, -0.15) is 9.90 Å². The molecule has 4 heteroatoms. The molecule has 2 rings (SSSR count). The molecule has 0 aliphatic carbocycles. The zero-order valence-electron chi connectivity index (χ0n) is 18.6. The molecule has 0 aliphatic heterocycles. The van der Waals surface area contributed by atoms with Crippen LogP contribution in [0.3, 0.4) is 0 Å². The van der Waals surface area contributed by atoms with E-state index in [4.69, 9.17) is 4.74 Å². The number of aryl methyl sites for hydroxylation is 2. The van der Waals surface area contributed by atoms with Gasteiger partial charge in [0, 0.05) is 5.56 Å². The van der Waals surface area contributed by atoms with Gasteiger partial charge in [0.05, 0.1) is 6.61 Å². The molecular weight excluding hydrogens is 379 g/mol. The number of ether oxygens (including phenoxy) is 1. The van der Waals surface area contributed by atoms with E-state index < -0.39 is 11.9 Å². The van der Waals surface area contributed by atoms with Gasteiger partial charge < -0.3 is 4.74 Å². The van der Waals surface area contributed by atoms with E-state index in [1.165, 1.54) is 0 Å². The lowest BCUT2D eigenvalue weighted by molar-refractivity contribution is -0.145. The van der Waals surface area contributed by atoms with E-state index in [9.17, 15) is 9.59 Å². The average Bonchev–Trinajstić information content (AvgIpc) is 2.59. The van der Waals surface area contributed by atoms with Crippen LogP contribution in [0.1, 0.15) is 67.1 Å². The number of esters is 1. The molecule has 0 aromatic heterocycles. The lowest BCUT2D eigenvalue weighted by Crippen LogP contribution is -2.27. The van der Waals surface area contributed by atoms with Crippen LogP contribution in [-0.4, -0.2) is 18.4 Å². The molecule has 0 N–H and O–H groups in total. The minimum Gasteiger partial charge on any atom is -0.465 e. The van der Waals surface area contributed by atoms with Gasteiger partial charge in [-0.25, -0.2) is 0 Å². The Morgan fingerprint density at radius 2 is 1.48 bits per heavy atom. The number of carbonyl (C=O) groups excluding carboxylic acids is 2. The van der Waals surface area contributed by atoms with E-state index in [1.54, 1.807) is 0 Å². The van der Waals surface area contributed by atoms with Gasteiger partial charge in [0.25, 0.3) is 0 Å². The Morgan fingerprint density at radius 1 is 0.931 bits per heavy atom. The predicted octanol–water partition coefficient (Wildman–Crippen LogP) is 5.94. The first-order chi connectivity index (χ1) is 13.1. The highest BCUT2D eigenvalue weighted by Crippen LogP contribution is 2.28. The summed E-state index contributed by atoms with van der Waals surface area (Å²) in [7, 11) is 0. The third-order valence-corrected chi connectivity index (χ3v) is 4.83. The molecule has 2 aromatic rings. The zero-order valence-corrected chi connectivity index (χ0v) is 20.0. The zero-order chi connectivity index (χ0) is 20.9. The van der Waals surface area contributed by atoms with E-state index in [1.807, 2.05) is 62.4 Å². The summed E-state index contributed by atoms with van der Waals surface area (Å²) in [6, 6.07) is 14.9. The predicted molar refractivity (Wildman–Crippen MR) is 125 cm³/mol. The molecule has 0 spiro atoms. The van der Waals surface area contributed by atoms with Gasteiger partial charge in [-0.15, -0.1) is 0 Å². The van der Waals surface area contributed by atoms with Crippen molar-refractivity contribution in [1.82, 2.24) is 0 Å². The number of benzene rings is 2.